The molecule has 0 unspecified atom stereocenters. The second-order valence-electron chi connectivity index (χ2n) is 4.60. The number of benzene rings is 1. The standard InChI is InChI=1S/C15H15Cl2N3O/c16-11-8-12(17)14(19-9-11)20-15(21)13(18)7-6-10-4-2-1-3-5-10/h1-5,8-9,13H,6-7,18H2,(H,19,20,21)/t13-/m1/s1. The van der Waals surface area contributed by atoms with E-state index >= 15 is 0 Å². The maximum atomic E-state index is 12.0. The second-order valence-corrected chi connectivity index (χ2v) is 5.45. The molecule has 0 fully saturated rings. The quantitative estimate of drug-likeness (QED) is 0.887. The summed E-state index contributed by atoms with van der Waals surface area (Å²) < 4.78 is 0. The number of anilines is 1. The van der Waals surface area contributed by atoms with Gasteiger partial charge in [-0.15, -0.1) is 0 Å². The topological polar surface area (TPSA) is 68.0 Å². The molecule has 0 radical (unpaired) electrons. The van der Waals surface area contributed by atoms with Crippen molar-refractivity contribution in [2.45, 2.75) is 18.9 Å². The zero-order valence-corrected chi connectivity index (χ0v) is 12.7. The summed E-state index contributed by atoms with van der Waals surface area (Å²) in [5.74, 6) is -0.0520. The average Bonchev–Trinajstić information content (AvgIpc) is 2.48. The van der Waals surface area contributed by atoms with Crippen LogP contribution in [0.1, 0.15) is 12.0 Å². The first-order valence-electron chi connectivity index (χ1n) is 6.47. The Morgan fingerprint density at radius 2 is 2.00 bits per heavy atom. The number of hydrogen-bond acceptors (Lipinski definition) is 3. The zero-order chi connectivity index (χ0) is 15.2. The normalized spacial score (nSPS) is 12.0. The number of hydrogen-bond donors (Lipinski definition) is 2. The average molecular weight is 324 g/mol. The van der Waals surface area contributed by atoms with Crippen LogP contribution in [0, 0.1) is 0 Å². The third kappa shape index (κ3) is 4.70. The van der Waals surface area contributed by atoms with E-state index in [-0.39, 0.29) is 16.7 Å². The van der Waals surface area contributed by atoms with Gasteiger partial charge in [0.05, 0.1) is 16.1 Å². The van der Waals surface area contributed by atoms with Crippen molar-refractivity contribution in [3.63, 3.8) is 0 Å². The molecule has 3 N–H and O–H groups in total. The molecule has 110 valence electrons. The van der Waals surface area contributed by atoms with E-state index in [9.17, 15) is 4.79 Å². The molecule has 0 aliphatic heterocycles. The number of amides is 1. The molecule has 0 bridgehead atoms. The first-order chi connectivity index (χ1) is 10.1. The van der Waals surface area contributed by atoms with Gasteiger partial charge in [0, 0.05) is 6.20 Å². The Labute approximate surface area is 133 Å². The van der Waals surface area contributed by atoms with Crippen LogP contribution in [-0.4, -0.2) is 16.9 Å². The molecule has 1 amide bonds. The van der Waals surface area contributed by atoms with Crippen molar-refractivity contribution in [2.75, 3.05) is 5.32 Å². The van der Waals surface area contributed by atoms with Gasteiger partial charge in [-0.2, -0.15) is 0 Å². The molecule has 1 aromatic carbocycles. The number of nitrogens with one attached hydrogen (secondary N) is 1. The predicted octanol–water partition coefficient (Wildman–Crippen LogP) is 3.29. The lowest BCUT2D eigenvalue weighted by Gasteiger charge is -2.12. The first-order valence-corrected chi connectivity index (χ1v) is 7.23. The molecular formula is C15H15Cl2N3O. The van der Waals surface area contributed by atoms with Gasteiger partial charge in [0.15, 0.2) is 5.82 Å². The Morgan fingerprint density at radius 1 is 1.29 bits per heavy atom. The molecule has 1 aromatic heterocycles. The van der Waals surface area contributed by atoms with E-state index in [4.69, 9.17) is 28.9 Å². The molecule has 6 heteroatoms. The van der Waals surface area contributed by atoms with Gasteiger partial charge >= 0.3 is 0 Å². The highest BCUT2D eigenvalue weighted by molar-refractivity contribution is 6.36. The number of aryl methyl sites for hydroxylation is 1. The molecule has 0 aliphatic rings. The number of nitrogens with zero attached hydrogens (tertiary/aromatic N) is 1. The van der Waals surface area contributed by atoms with E-state index in [1.807, 2.05) is 30.3 Å². The van der Waals surface area contributed by atoms with Gasteiger partial charge in [-0.05, 0) is 24.5 Å². The summed E-state index contributed by atoms with van der Waals surface area (Å²) in [4.78, 5) is 16.0. The van der Waals surface area contributed by atoms with Gasteiger partial charge in [0.1, 0.15) is 0 Å². The van der Waals surface area contributed by atoms with Crippen LogP contribution in [0.4, 0.5) is 5.82 Å². The highest BCUT2D eigenvalue weighted by Crippen LogP contribution is 2.22. The second kappa shape index (κ2) is 7.41. The van der Waals surface area contributed by atoms with Gasteiger partial charge in [0.25, 0.3) is 0 Å². The minimum absolute atomic E-state index is 0.265. The predicted molar refractivity (Wildman–Crippen MR) is 85.6 cm³/mol. The summed E-state index contributed by atoms with van der Waals surface area (Å²) in [5, 5.41) is 3.30. The molecule has 0 spiro atoms. The summed E-state index contributed by atoms with van der Waals surface area (Å²) >= 11 is 11.7. The molecular weight excluding hydrogens is 309 g/mol. The highest BCUT2D eigenvalue weighted by Gasteiger charge is 2.15. The molecule has 2 rings (SSSR count). The van der Waals surface area contributed by atoms with Gasteiger partial charge in [-0.25, -0.2) is 4.98 Å². The SMILES string of the molecule is N[C@H](CCc1ccccc1)C(=O)Nc1ncc(Cl)cc1Cl. The number of aromatic nitrogens is 1. The Hall–Kier alpha value is -1.62. The number of halogens is 2. The number of pyridine rings is 1. The van der Waals surface area contributed by atoms with E-state index in [1.54, 1.807) is 0 Å². The monoisotopic (exact) mass is 323 g/mol. The zero-order valence-electron chi connectivity index (χ0n) is 11.2. The van der Waals surface area contributed by atoms with Crippen LogP contribution >= 0.6 is 23.2 Å². The summed E-state index contributed by atoms with van der Waals surface area (Å²) in [6, 6.07) is 10.8. The first kappa shape index (κ1) is 15.8. The maximum absolute atomic E-state index is 12.0. The summed E-state index contributed by atoms with van der Waals surface area (Å²) in [6.07, 6.45) is 2.69. The van der Waals surface area contributed by atoms with E-state index in [0.717, 1.165) is 12.0 Å². The number of nitrogens with two attached hydrogens (primary N) is 1. The number of carbonyl (C=O) groups is 1. The lowest BCUT2D eigenvalue weighted by atomic mass is 10.1. The smallest absolute Gasteiger partial charge is 0.242 e. The molecule has 0 aliphatic carbocycles. The van der Waals surface area contributed by atoms with Crippen molar-refractivity contribution in [3.05, 3.63) is 58.2 Å². The van der Waals surface area contributed by atoms with Crippen molar-refractivity contribution in [1.82, 2.24) is 4.98 Å². The number of carbonyl (C=O) groups excluding carboxylic acids is 1. The Kier molecular flexibility index (Phi) is 5.56. The minimum atomic E-state index is -0.626. The number of rotatable bonds is 5. The third-order valence-corrected chi connectivity index (χ3v) is 3.47. The molecule has 1 heterocycles. The summed E-state index contributed by atoms with van der Waals surface area (Å²) in [7, 11) is 0. The Balaban J connectivity index is 1.90. The third-order valence-electron chi connectivity index (χ3n) is 2.97. The van der Waals surface area contributed by atoms with Crippen molar-refractivity contribution in [1.29, 1.82) is 0 Å². The summed E-state index contributed by atoms with van der Waals surface area (Å²) in [5.41, 5.74) is 7.03. The van der Waals surface area contributed by atoms with E-state index < -0.39 is 6.04 Å². The lowest BCUT2D eigenvalue weighted by Crippen LogP contribution is -2.36. The van der Waals surface area contributed by atoms with E-state index in [0.29, 0.717) is 11.4 Å². The van der Waals surface area contributed by atoms with Crippen molar-refractivity contribution in [3.8, 4) is 0 Å². The van der Waals surface area contributed by atoms with Crippen LogP contribution in [-0.2, 0) is 11.2 Å². The van der Waals surface area contributed by atoms with Gasteiger partial charge in [-0.1, -0.05) is 53.5 Å². The molecule has 0 saturated heterocycles. The van der Waals surface area contributed by atoms with Crippen molar-refractivity contribution in [2.24, 2.45) is 5.73 Å². The Morgan fingerprint density at radius 3 is 2.67 bits per heavy atom. The minimum Gasteiger partial charge on any atom is -0.320 e. The molecule has 2 aromatic rings. The van der Waals surface area contributed by atoms with Crippen LogP contribution in [0.2, 0.25) is 10.0 Å². The van der Waals surface area contributed by atoms with E-state index in [1.165, 1.54) is 12.3 Å². The van der Waals surface area contributed by atoms with Crippen molar-refractivity contribution < 1.29 is 4.79 Å². The van der Waals surface area contributed by atoms with Crippen LogP contribution < -0.4 is 11.1 Å². The molecule has 0 saturated carbocycles. The van der Waals surface area contributed by atoms with Crippen LogP contribution in [0.3, 0.4) is 0 Å². The fraction of sp³-hybridized carbons (Fsp3) is 0.200. The summed E-state index contributed by atoms with van der Waals surface area (Å²) in [6.45, 7) is 0. The van der Waals surface area contributed by atoms with Gasteiger partial charge in [0.2, 0.25) is 5.91 Å². The highest BCUT2D eigenvalue weighted by atomic mass is 35.5. The van der Waals surface area contributed by atoms with Gasteiger partial charge in [-0.3, -0.25) is 4.79 Å². The lowest BCUT2D eigenvalue weighted by molar-refractivity contribution is -0.117. The van der Waals surface area contributed by atoms with Crippen LogP contribution in [0.25, 0.3) is 0 Å². The largest absolute Gasteiger partial charge is 0.320 e. The van der Waals surface area contributed by atoms with E-state index in [2.05, 4.69) is 10.3 Å². The fourth-order valence-electron chi connectivity index (χ4n) is 1.81. The molecule has 21 heavy (non-hydrogen) atoms. The fourth-order valence-corrected chi connectivity index (χ4v) is 2.24. The van der Waals surface area contributed by atoms with Crippen molar-refractivity contribution >= 4 is 34.9 Å². The molecule has 1 atom stereocenters. The van der Waals surface area contributed by atoms with Crippen LogP contribution in [0.15, 0.2) is 42.6 Å². The van der Waals surface area contributed by atoms with Gasteiger partial charge < -0.3 is 11.1 Å². The Bertz CT molecular complexity index is 620. The maximum Gasteiger partial charge on any atom is 0.242 e. The molecule has 4 nitrogen and oxygen atoms in total. The van der Waals surface area contributed by atoms with Crippen LogP contribution in [0.5, 0.6) is 0 Å².